The van der Waals surface area contributed by atoms with Gasteiger partial charge in [0.15, 0.2) is 0 Å². The molecular formula is C16H18N2O8. The molecule has 0 N–H and O–H groups in total. The van der Waals surface area contributed by atoms with Crippen molar-refractivity contribution in [2.45, 2.75) is 51.4 Å². The van der Waals surface area contributed by atoms with Crippen molar-refractivity contribution in [2.24, 2.45) is 11.8 Å². The third-order valence-electron chi connectivity index (χ3n) is 4.71. The summed E-state index contributed by atoms with van der Waals surface area (Å²) in [5.41, 5.74) is 0. The lowest BCUT2D eigenvalue weighted by Crippen LogP contribution is -2.39. The summed E-state index contributed by atoms with van der Waals surface area (Å²) < 4.78 is 0. The highest BCUT2D eigenvalue weighted by Crippen LogP contribution is 2.32. The molecule has 0 aromatic heterocycles. The lowest BCUT2D eigenvalue weighted by molar-refractivity contribution is -0.205. The first-order valence-corrected chi connectivity index (χ1v) is 8.52. The summed E-state index contributed by atoms with van der Waals surface area (Å²) in [4.78, 5) is 80.3. The van der Waals surface area contributed by atoms with Crippen molar-refractivity contribution in [3.05, 3.63) is 0 Å². The maximum absolute atomic E-state index is 12.2. The zero-order chi connectivity index (χ0) is 18.8. The molecule has 3 rings (SSSR count). The van der Waals surface area contributed by atoms with E-state index in [1.807, 2.05) is 0 Å². The van der Waals surface area contributed by atoms with E-state index in [0.717, 1.165) is 0 Å². The fourth-order valence-corrected chi connectivity index (χ4v) is 3.26. The number of carbonyl (C=O) groups is 6. The predicted octanol–water partition coefficient (Wildman–Crippen LogP) is 0.00720. The van der Waals surface area contributed by atoms with Crippen LogP contribution in [-0.4, -0.2) is 45.7 Å². The maximum Gasteiger partial charge on any atom is 0.336 e. The molecule has 0 unspecified atom stereocenters. The Labute approximate surface area is 148 Å². The van der Waals surface area contributed by atoms with Crippen LogP contribution in [0.4, 0.5) is 0 Å². The van der Waals surface area contributed by atoms with Crippen LogP contribution in [0.5, 0.6) is 0 Å². The Balaban J connectivity index is 1.56. The number of amides is 4. The first-order valence-electron chi connectivity index (χ1n) is 8.52. The van der Waals surface area contributed by atoms with Gasteiger partial charge in [-0.15, -0.1) is 10.1 Å². The molecule has 1 aliphatic carbocycles. The number of hydrogen-bond acceptors (Lipinski definition) is 8. The summed E-state index contributed by atoms with van der Waals surface area (Å²) in [6.45, 7) is 0. The monoisotopic (exact) mass is 366 g/mol. The Kier molecular flexibility index (Phi) is 5.01. The van der Waals surface area contributed by atoms with Crippen molar-refractivity contribution in [1.29, 1.82) is 0 Å². The third kappa shape index (κ3) is 3.58. The van der Waals surface area contributed by atoms with E-state index in [1.54, 1.807) is 0 Å². The van der Waals surface area contributed by atoms with Crippen molar-refractivity contribution in [2.75, 3.05) is 0 Å². The van der Waals surface area contributed by atoms with Crippen LogP contribution in [0.25, 0.3) is 0 Å². The van der Waals surface area contributed by atoms with Crippen molar-refractivity contribution in [3.63, 3.8) is 0 Å². The van der Waals surface area contributed by atoms with Crippen LogP contribution in [0.3, 0.4) is 0 Å². The van der Waals surface area contributed by atoms with E-state index >= 15 is 0 Å². The minimum absolute atomic E-state index is 0.00359. The molecule has 26 heavy (non-hydrogen) atoms. The second kappa shape index (κ2) is 7.22. The second-order valence-electron chi connectivity index (χ2n) is 6.54. The maximum atomic E-state index is 12.2. The highest BCUT2D eigenvalue weighted by molar-refractivity contribution is 6.02. The first-order chi connectivity index (χ1) is 12.4. The molecule has 2 atom stereocenters. The molecule has 0 aromatic rings. The molecule has 3 aliphatic rings. The van der Waals surface area contributed by atoms with Gasteiger partial charge < -0.3 is 9.68 Å². The Morgan fingerprint density at radius 3 is 1.38 bits per heavy atom. The van der Waals surface area contributed by atoms with Gasteiger partial charge in [-0.3, -0.25) is 19.2 Å². The molecule has 2 saturated heterocycles. The summed E-state index contributed by atoms with van der Waals surface area (Å²) in [5, 5.41) is 0.956. The van der Waals surface area contributed by atoms with Gasteiger partial charge in [-0.05, 0) is 19.3 Å². The predicted molar refractivity (Wildman–Crippen MR) is 79.8 cm³/mol. The van der Waals surface area contributed by atoms with Crippen LogP contribution in [0.2, 0.25) is 0 Å². The van der Waals surface area contributed by atoms with Crippen molar-refractivity contribution in [3.8, 4) is 0 Å². The molecule has 10 heteroatoms. The zero-order valence-electron chi connectivity index (χ0n) is 14.0. The lowest BCUT2D eigenvalue weighted by atomic mass is 9.81. The summed E-state index contributed by atoms with van der Waals surface area (Å²) in [7, 11) is 0. The standard InChI is InChI=1S/C16H18N2O8/c19-11-4-5-12(20)17(11)25-15(23)9-2-1-3-10(8-9)16(24)26-18-13(21)6-7-14(18)22/h9-10H,1-8H2/t9-,10+. The molecule has 0 spiro atoms. The van der Waals surface area contributed by atoms with Gasteiger partial charge in [-0.2, -0.15) is 0 Å². The quantitative estimate of drug-likeness (QED) is 0.637. The fourth-order valence-electron chi connectivity index (χ4n) is 3.26. The van der Waals surface area contributed by atoms with Crippen molar-refractivity contribution in [1.82, 2.24) is 10.1 Å². The van der Waals surface area contributed by atoms with E-state index in [2.05, 4.69) is 0 Å². The number of nitrogens with zero attached hydrogens (tertiary/aromatic N) is 2. The normalized spacial score (nSPS) is 26.5. The van der Waals surface area contributed by atoms with Gasteiger partial charge in [-0.1, -0.05) is 6.42 Å². The van der Waals surface area contributed by atoms with Crippen molar-refractivity contribution < 1.29 is 38.4 Å². The molecule has 1 saturated carbocycles. The highest BCUT2D eigenvalue weighted by atomic mass is 16.7. The molecule has 10 nitrogen and oxygen atoms in total. The Morgan fingerprint density at radius 2 is 1.04 bits per heavy atom. The van der Waals surface area contributed by atoms with E-state index in [1.165, 1.54) is 0 Å². The minimum atomic E-state index is -0.751. The van der Waals surface area contributed by atoms with Gasteiger partial charge in [0.1, 0.15) is 0 Å². The molecule has 0 bridgehead atoms. The summed E-state index contributed by atoms with van der Waals surface area (Å²) in [6.07, 6.45) is 1.54. The van der Waals surface area contributed by atoms with Gasteiger partial charge in [0, 0.05) is 25.7 Å². The Hall–Kier alpha value is -2.78. The molecule has 2 heterocycles. The van der Waals surface area contributed by atoms with Gasteiger partial charge in [-0.25, -0.2) is 9.59 Å². The Bertz CT molecular complexity index is 600. The van der Waals surface area contributed by atoms with Crippen LogP contribution in [0, 0.1) is 11.8 Å². The molecule has 3 fully saturated rings. The molecule has 4 amide bonds. The van der Waals surface area contributed by atoms with Crippen LogP contribution >= 0.6 is 0 Å². The lowest BCUT2D eigenvalue weighted by Gasteiger charge is -2.27. The SMILES string of the molecule is O=C(ON1C(=O)CCC1=O)[C@@H]1CCC[C@H](C(=O)ON2C(=O)CCC2=O)C1. The Morgan fingerprint density at radius 1 is 0.692 bits per heavy atom. The van der Waals surface area contributed by atoms with Crippen LogP contribution in [0.1, 0.15) is 51.4 Å². The van der Waals surface area contributed by atoms with E-state index < -0.39 is 47.4 Å². The summed E-state index contributed by atoms with van der Waals surface area (Å²) >= 11 is 0. The van der Waals surface area contributed by atoms with E-state index in [4.69, 9.17) is 9.68 Å². The first kappa shape index (κ1) is 18.0. The zero-order valence-corrected chi connectivity index (χ0v) is 14.0. The fraction of sp³-hybridized carbons (Fsp3) is 0.625. The van der Waals surface area contributed by atoms with E-state index in [-0.39, 0.29) is 32.1 Å². The number of imide groups is 2. The van der Waals surface area contributed by atoms with E-state index in [0.29, 0.717) is 29.4 Å². The van der Waals surface area contributed by atoms with Crippen LogP contribution < -0.4 is 0 Å². The average molecular weight is 366 g/mol. The molecule has 0 radical (unpaired) electrons. The third-order valence-corrected chi connectivity index (χ3v) is 4.71. The topological polar surface area (TPSA) is 127 Å². The van der Waals surface area contributed by atoms with Crippen LogP contribution in [0.15, 0.2) is 0 Å². The highest BCUT2D eigenvalue weighted by Gasteiger charge is 2.40. The number of hydroxylamine groups is 4. The summed E-state index contributed by atoms with van der Waals surface area (Å²) in [5.74, 6) is -5.12. The van der Waals surface area contributed by atoms with Gasteiger partial charge in [0.2, 0.25) is 0 Å². The second-order valence-corrected chi connectivity index (χ2v) is 6.54. The minimum Gasteiger partial charge on any atom is -0.330 e. The van der Waals surface area contributed by atoms with Gasteiger partial charge >= 0.3 is 11.9 Å². The average Bonchev–Trinajstić information content (AvgIpc) is 3.11. The van der Waals surface area contributed by atoms with Gasteiger partial charge in [0.25, 0.3) is 23.6 Å². The largest absolute Gasteiger partial charge is 0.336 e. The number of hydrogen-bond donors (Lipinski definition) is 0. The number of rotatable bonds is 4. The molecule has 0 aromatic carbocycles. The molecule has 140 valence electrons. The van der Waals surface area contributed by atoms with Gasteiger partial charge in [0.05, 0.1) is 11.8 Å². The van der Waals surface area contributed by atoms with Crippen LogP contribution in [-0.2, 0) is 38.4 Å². The van der Waals surface area contributed by atoms with E-state index in [9.17, 15) is 28.8 Å². The molecular weight excluding hydrogens is 348 g/mol. The number of carbonyl (C=O) groups excluding carboxylic acids is 6. The van der Waals surface area contributed by atoms with Crippen molar-refractivity contribution >= 4 is 35.6 Å². The smallest absolute Gasteiger partial charge is 0.330 e. The summed E-state index contributed by atoms with van der Waals surface area (Å²) in [6, 6.07) is 0. The molecule has 2 aliphatic heterocycles.